The van der Waals surface area contributed by atoms with Crippen LogP contribution in [0, 0.1) is 0 Å². The van der Waals surface area contributed by atoms with Crippen molar-refractivity contribution in [2.45, 2.75) is 31.0 Å². The largest absolute Gasteiger partial charge is 0.504 e. The molecule has 0 aromatic heterocycles. The topological polar surface area (TPSA) is 357 Å². The highest BCUT2D eigenvalue weighted by molar-refractivity contribution is 5.93. The lowest BCUT2D eigenvalue weighted by atomic mass is 10.0. The fourth-order valence-corrected chi connectivity index (χ4v) is 5.08. The third-order valence-electron chi connectivity index (χ3n) is 7.82. The van der Waals surface area contributed by atoms with E-state index >= 15 is 0 Å². The van der Waals surface area contributed by atoms with Crippen molar-refractivity contribution in [3.8, 4) is 69.0 Å². The van der Waals surface area contributed by atoms with Crippen LogP contribution in [0.3, 0.4) is 0 Å². The summed E-state index contributed by atoms with van der Waals surface area (Å²) in [5.74, 6) is -16.9. The number of carbonyl (C=O) groups excluding carboxylic acids is 4. The van der Waals surface area contributed by atoms with E-state index in [0.717, 1.165) is 0 Å². The normalized spacial score (nSPS) is 17.8. The second kappa shape index (κ2) is 15.1. The van der Waals surface area contributed by atoms with Crippen LogP contribution in [0.1, 0.15) is 47.9 Å². The molecule has 21 heteroatoms. The van der Waals surface area contributed by atoms with Gasteiger partial charge in [-0.1, -0.05) is 0 Å². The van der Waals surface area contributed by atoms with E-state index in [1.165, 1.54) is 0 Å². The Kier molecular flexibility index (Phi) is 10.6. The zero-order valence-electron chi connectivity index (χ0n) is 27.4. The van der Waals surface area contributed by atoms with Gasteiger partial charge in [-0.15, -0.1) is 0 Å². The third-order valence-corrected chi connectivity index (χ3v) is 7.82. The second-order valence-corrected chi connectivity index (χ2v) is 11.6. The molecule has 1 fully saturated rings. The van der Waals surface area contributed by atoms with Gasteiger partial charge in [-0.2, -0.15) is 0 Å². The summed E-state index contributed by atoms with van der Waals surface area (Å²) < 4.78 is 27.3. The molecule has 5 rings (SSSR count). The van der Waals surface area contributed by atoms with E-state index in [1.807, 2.05) is 0 Å². The molecule has 0 bridgehead atoms. The lowest BCUT2D eigenvalue weighted by Crippen LogP contribution is -2.54. The molecular weight excluding hydrogens is 744 g/mol. The van der Waals surface area contributed by atoms with Gasteiger partial charge in [0.1, 0.15) is 18.8 Å². The number of esters is 4. The molecule has 1 heterocycles. The minimum Gasteiger partial charge on any atom is -0.504 e. The fraction of sp³-hybridized carbons (Fsp3) is 0.176. The quantitative estimate of drug-likeness (QED) is 0.0654. The van der Waals surface area contributed by atoms with Crippen LogP contribution >= 0.6 is 0 Å². The maximum atomic E-state index is 13.3. The van der Waals surface area contributed by atoms with Crippen molar-refractivity contribution in [3.05, 3.63) is 70.8 Å². The zero-order valence-corrected chi connectivity index (χ0v) is 27.4. The van der Waals surface area contributed by atoms with Crippen LogP contribution in [0.4, 0.5) is 0 Å². The number of phenolic OH excluding ortho intramolecular Hbond substituents is 12. The predicted molar refractivity (Wildman–Crippen MR) is 173 cm³/mol. The van der Waals surface area contributed by atoms with Crippen LogP contribution in [-0.2, 0) is 23.7 Å². The lowest BCUT2D eigenvalue weighted by Gasteiger charge is -2.39. The Bertz CT molecular complexity index is 2100. The smallest absolute Gasteiger partial charge is 0.340 e. The van der Waals surface area contributed by atoms with E-state index in [0.29, 0.717) is 48.5 Å². The first kappa shape index (κ1) is 38.5. The van der Waals surface area contributed by atoms with Gasteiger partial charge >= 0.3 is 23.9 Å². The Morgan fingerprint density at radius 2 is 0.782 bits per heavy atom. The molecule has 0 amide bonds. The summed E-state index contributed by atoms with van der Waals surface area (Å²) in [6.07, 6.45) is -8.11. The lowest BCUT2D eigenvalue weighted by molar-refractivity contribution is -0.238. The van der Waals surface area contributed by atoms with Crippen LogP contribution < -0.4 is 0 Å². The highest BCUT2D eigenvalue weighted by Crippen LogP contribution is 2.40. The summed E-state index contributed by atoms with van der Waals surface area (Å²) >= 11 is 0. The fourth-order valence-electron chi connectivity index (χ4n) is 5.08. The average Bonchev–Trinajstić information content (AvgIpc) is 3.12. The molecule has 1 aliphatic heterocycles. The van der Waals surface area contributed by atoms with Crippen molar-refractivity contribution in [2.24, 2.45) is 0 Å². The molecule has 0 saturated carbocycles. The Hall–Kier alpha value is -7.68. The van der Waals surface area contributed by atoms with Gasteiger partial charge in [-0.25, -0.2) is 19.2 Å². The van der Waals surface area contributed by atoms with Crippen molar-refractivity contribution in [2.75, 3.05) is 6.61 Å². The molecule has 0 spiro atoms. The number of hydrogen-bond donors (Lipinski definition) is 12. The second-order valence-electron chi connectivity index (χ2n) is 11.6. The first-order valence-electron chi connectivity index (χ1n) is 15.3. The van der Waals surface area contributed by atoms with Crippen molar-refractivity contribution in [1.29, 1.82) is 0 Å². The first-order chi connectivity index (χ1) is 25.8. The number of benzene rings is 4. The van der Waals surface area contributed by atoms with Crippen molar-refractivity contribution < 1.29 is 104 Å². The maximum absolute atomic E-state index is 13.3. The van der Waals surface area contributed by atoms with Gasteiger partial charge in [0.15, 0.2) is 75.1 Å². The van der Waals surface area contributed by atoms with Crippen LogP contribution in [0.25, 0.3) is 0 Å². The predicted octanol–water partition coefficient (Wildman–Crippen LogP) is 1.73. The van der Waals surface area contributed by atoms with Crippen LogP contribution in [-0.4, -0.2) is 116 Å². The van der Waals surface area contributed by atoms with Crippen LogP contribution in [0.2, 0.25) is 0 Å². The van der Waals surface area contributed by atoms with E-state index in [1.54, 1.807) is 0 Å². The number of ether oxygens (including phenoxy) is 5. The molecule has 0 aliphatic carbocycles. The number of hydrogen-bond acceptors (Lipinski definition) is 21. The standard InChI is InChI=1S/C34H28O21/c35-15-1-11(2-16(36)26(15)43)31(47)51-10-24-30(55-34(50)14-7-21(41)29(46)22(42)8-14)23(53-32(48)12-3-17(37)27(44)18(38)4-12)9-25(52-24)54-33(49)13-5-19(39)28(45)20(40)6-13/h1-8,23-25,30,35-46H,9-10H2/t23-,24-,25+,30+/m1/s1. The zero-order chi connectivity index (χ0) is 40.5. The minimum atomic E-state index is -1.90. The molecule has 1 aliphatic rings. The van der Waals surface area contributed by atoms with Gasteiger partial charge in [0, 0.05) is 0 Å². The number of rotatable bonds is 9. The Balaban J connectivity index is 1.52. The minimum absolute atomic E-state index is 0.531. The van der Waals surface area contributed by atoms with Crippen LogP contribution in [0.5, 0.6) is 69.0 Å². The van der Waals surface area contributed by atoms with E-state index in [4.69, 9.17) is 23.7 Å². The van der Waals surface area contributed by atoms with Gasteiger partial charge in [0.25, 0.3) is 0 Å². The number of phenols is 12. The summed E-state index contributed by atoms with van der Waals surface area (Å²) in [6, 6.07) is 5.55. The molecule has 290 valence electrons. The van der Waals surface area contributed by atoms with Gasteiger partial charge < -0.3 is 85.0 Å². The molecule has 4 aromatic carbocycles. The Morgan fingerprint density at radius 1 is 0.473 bits per heavy atom. The Labute approximate surface area is 305 Å². The average molecular weight is 773 g/mol. The summed E-state index contributed by atoms with van der Waals surface area (Å²) in [4.78, 5) is 52.7. The SMILES string of the molecule is O=C(OC[C@H]1O[C@@H](OC(=O)c2cc(O)c(O)c(O)c2)C[C@@H](OC(=O)c2cc(O)c(O)c(O)c2)[C@@H]1OC(=O)c1cc(O)c(O)c(O)c1)c1cc(O)c(O)c(O)c1. The molecule has 4 aromatic rings. The van der Waals surface area contributed by atoms with Crippen LogP contribution in [0.15, 0.2) is 48.5 Å². The molecule has 0 radical (unpaired) electrons. The highest BCUT2D eigenvalue weighted by Gasteiger charge is 2.46. The summed E-state index contributed by atoms with van der Waals surface area (Å²) in [5, 5.41) is 118. The van der Waals surface area contributed by atoms with Crippen molar-refractivity contribution in [3.63, 3.8) is 0 Å². The van der Waals surface area contributed by atoms with Crippen molar-refractivity contribution >= 4 is 23.9 Å². The number of aromatic hydroxyl groups is 12. The summed E-state index contributed by atoms with van der Waals surface area (Å²) in [7, 11) is 0. The first-order valence-corrected chi connectivity index (χ1v) is 15.3. The van der Waals surface area contributed by atoms with Gasteiger partial charge in [-0.05, 0) is 48.5 Å². The van der Waals surface area contributed by atoms with Crippen molar-refractivity contribution in [1.82, 2.24) is 0 Å². The maximum Gasteiger partial charge on any atom is 0.340 e. The van der Waals surface area contributed by atoms with E-state index in [9.17, 15) is 80.5 Å². The molecular formula is C34H28O21. The van der Waals surface area contributed by atoms with E-state index in [-0.39, 0.29) is 0 Å². The van der Waals surface area contributed by atoms with Gasteiger partial charge in [0.05, 0.1) is 28.7 Å². The molecule has 12 N–H and O–H groups in total. The molecule has 0 unspecified atom stereocenters. The summed E-state index contributed by atoms with van der Waals surface area (Å²) in [5.41, 5.74) is -2.26. The van der Waals surface area contributed by atoms with Gasteiger partial charge in [-0.3, -0.25) is 0 Å². The highest BCUT2D eigenvalue weighted by atomic mass is 16.7. The Morgan fingerprint density at radius 3 is 1.15 bits per heavy atom. The van der Waals surface area contributed by atoms with E-state index < -0.39 is 153 Å². The van der Waals surface area contributed by atoms with E-state index in [2.05, 4.69) is 0 Å². The molecule has 4 atom stereocenters. The molecule has 21 nitrogen and oxygen atoms in total. The third kappa shape index (κ3) is 8.20. The molecule has 55 heavy (non-hydrogen) atoms. The molecule has 1 saturated heterocycles. The monoisotopic (exact) mass is 772 g/mol. The van der Waals surface area contributed by atoms with Gasteiger partial charge in [0.2, 0.25) is 6.29 Å². The number of carbonyl (C=O) groups is 4. The summed E-state index contributed by atoms with van der Waals surface area (Å²) in [6.45, 7) is -0.991.